The summed E-state index contributed by atoms with van der Waals surface area (Å²) in [5, 5.41) is 9.25. The third kappa shape index (κ3) is 2.86. The first kappa shape index (κ1) is 18.4. The number of carbonyl (C=O) groups is 3. The second-order valence-electron chi connectivity index (χ2n) is 6.77. The Morgan fingerprint density at radius 3 is 2.58 bits per heavy atom. The van der Waals surface area contributed by atoms with Gasteiger partial charge in [-0.05, 0) is 37.5 Å². The summed E-state index contributed by atoms with van der Waals surface area (Å²) >= 11 is 0. The van der Waals surface area contributed by atoms with Crippen LogP contribution in [0.25, 0.3) is 0 Å². The topological polar surface area (TPSA) is 112 Å². The number of carboxylic acids is 1. The zero-order valence-electron chi connectivity index (χ0n) is 14.5. The summed E-state index contributed by atoms with van der Waals surface area (Å²) in [6.07, 6.45) is 0.498. The van der Waals surface area contributed by atoms with Gasteiger partial charge in [0.15, 0.2) is 0 Å². The predicted molar refractivity (Wildman–Crippen MR) is 91.1 cm³/mol. The minimum atomic E-state index is -3.95. The molecule has 2 atom stereocenters. The number of hydrogen-bond donors (Lipinski definition) is 1. The molecule has 1 saturated heterocycles. The van der Waals surface area contributed by atoms with E-state index in [1.54, 1.807) is 6.92 Å². The molecule has 0 saturated carbocycles. The third-order valence-electron chi connectivity index (χ3n) is 4.84. The monoisotopic (exact) mass is 380 g/mol. The average molecular weight is 380 g/mol. The van der Waals surface area contributed by atoms with Crippen molar-refractivity contribution in [2.45, 2.75) is 25.2 Å². The van der Waals surface area contributed by atoms with E-state index in [1.165, 1.54) is 23.1 Å². The highest BCUT2D eigenvalue weighted by Gasteiger charge is 2.41. The van der Waals surface area contributed by atoms with Crippen LogP contribution in [0.3, 0.4) is 0 Å². The third-order valence-corrected chi connectivity index (χ3v) is 6.73. The largest absolute Gasteiger partial charge is 0.481 e. The van der Waals surface area contributed by atoms with E-state index in [4.69, 9.17) is 0 Å². The van der Waals surface area contributed by atoms with Crippen LogP contribution >= 0.6 is 0 Å². The molecule has 0 aromatic heterocycles. The zero-order valence-corrected chi connectivity index (χ0v) is 15.3. The van der Waals surface area contributed by atoms with Gasteiger partial charge in [-0.1, -0.05) is 6.92 Å². The van der Waals surface area contributed by atoms with Gasteiger partial charge in [0.25, 0.3) is 21.8 Å². The Balaban J connectivity index is 1.94. The molecule has 26 heavy (non-hydrogen) atoms. The number of nitrogens with zero attached hydrogens (tertiary/aromatic N) is 2. The highest BCUT2D eigenvalue weighted by molar-refractivity contribution is 7.90. The smallest absolute Gasteiger partial charge is 0.308 e. The number of amides is 2. The lowest BCUT2D eigenvalue weighted by Crippen LogP contribution is -2.45. The number of likely N-dealkylation sites (tertiary alicyclic amines) is 1. The number of sulfonamides is 1. The first-order chi connectivity index (χ1) is 12.2. The Hall–Kier alpha value is -2.42. The van der Waals surface area contributed by atoms with Crippen LogP contribution in [0.2, 0.25) is 0 Å². The van der Waals surface area contributed by atoms with E-state index >= 15 is 0 Å². The van der Waals surface area contributed by atoms with Crippen LogP contribution in [-0.4, -0.2) is 60.1 Å². The molecular weight excluding hydrogens is 360 g/mol. The molecule has 2 heterocycles. The van der Waals surface area contributed by atoms with Gasteiger partial charge >= 0.3 is 5.97 Å². The zero-order chi connectivity index (χ0) is 19.2. The molecule has 3 rings (SSSR count). The van der Waals surface area contributed by atoms with Crippen LogP contribution < -0.4 is 0 Å². The number of rotatable bonds is 3. The van der Waals surface area contributed by atoms with E-state index in [0.29, 0.717) is 13.0 Å². The average Bonchev–Trinajstić information content (AvgIpc) is 2.79. The van der Waals surface area contributed by atoms with E-state index in [2.05, 4.69) is 0 Å². The van der Waals surface area contributed by atoms with Crippen LogP contribution in [-0.2, 0) is 14.8 Å². The lowest BCUT2D eigenvalue weighted by atomic mass is 9.90. The van der Waals surface area contributed by atoms with E-state index in [9.17, 15) is 27.9 Å². The van der Waals surface area contributed by atoms with Crippen LogP contribution in [0.1, 0.15) is 41.0 Å². The Kier molecular flexibility index (Phi) is 4.51. The van der Waals surface area contributed by atoms with Gasteiger partial charge in [-0.3, -0.25) is 14.4 Å². The maximum absolute atomic E-state index is 12.8. The van der Waals surface area contributed by atoms with Gasteiger partial charge in [0, 0.05) is 25.2 Å². The van der Waals surface area contributed by atoms with Crippen molar-refractivity contribution in [3.63, 3.8) is 0 Å². The molecule has 9 heteroatoms. The number of benzene rings is 1. The van der Waals surface area contributed by atoms with Gasteiger partial charge in [0.05, 0.1) is 11.5 Å². The molecule has 1 aromatic carbocycles. The normalized spacial score (nSPS) is 24.5. The molecule has 1 fully saturated rings. The van der Waals surface area contributed by atoms with E-state index in [-0.39, 0.29) is 35.0 Å². The highest BCUT2D eigenvalue weighted by Crippen LogP contribution is 2.31. The van der Waals surface area contributed by atoms with Crippen LogP contribution in [0.5, 0.6) is 0 Å². The van der Waals surface area contributed by atoms with Gasteiger partial charge < -0.3 is 10.0 Å². The van der Waals surface area contributed by atoms with Crippen molar-refractivity contribution >= 4 is 27.8 Å². The molecule has 2 aliphatic rings. The Morgan fingerprint density at radius 1 is 1.27 bits per heavy atom. The van der Waals surface area contributed by atoms with Crippen molar-refractivity contribution in [1.82, 2.24) is 9.21 Å². The molecule has 0 spiro atoms. The SMILES string of the molecule is CCN1C(=O)c2ccc(C(=O)N3CC(C)CC(C(=O)O)C3)cc2S1(=O)=O. The fourth-order valence-electron chi connectivity index (χ4n) is 3.60. The standard InChI is InChI=1S/C17H20N2O6S/c1-3-19-16(21)13-5-4-11(7-14(13)26(19,24)25)15(20)18-8-10(2)6-12(9-18)17(22)23/h4-5,7,10,12H,3,6,8-9H2,1-2H3,(H,22,23). The molecule has 0 aliphatic carbocycles. The number of hydrogen-bond acceptors (Lipinski definition) is 5. The van der Waals surface area contributed by atoms with Crippen LogP contribution in [0, 0.1) is 11.8 Å². The fraction of sp³-hybridized carbons (Fsp3) is 0.471. The highest BCUT2D eigenvalue weighted by atomic mass is 32.2. The molecule has 2 aliphatic heterocycles. The lowest BCUT2D eigenvalue weighted by molar-refractivity contribution is -0.143. The van der Waals surface area contributed by atoms with Gasteiger partial charge in [-0.2, -0.15) is 0 Å². The maximum Gasteiger partial charge on any atom is 0.308 e. The molecule has 1 N–H and O–H groups in total. The predicted octanol–water partition coefficient (Wildman–Crippen LogP) is 1.03. The number of carbonyl (C=O) groups excluding carboxylic acids is 2. The molecule has 0 radical (unpaired) electrons. The maximum atomic E-state index is 12.8. The Labute approximate surface area is 151 Å². The van der Waals surface area contributed by atoms with Crippen LogP contribution in [0.4, 0.5) is 0 Å². The van der Waals surface area contributed by atoms with Crippen molar-refractivity contribution in [1.29, 1.82) is 0 Å². The molecule has 140 valence electrons. The summed E-state index contributed by atoms with van der Waals surface area (Å²) in [5.74, 6) is -2.58. The lowest BCUT2D eigenvalue weighted by Gasteiger charge is -2.34. The summed E-state index contributed by atoms with van der Waals surface area (Å²) < 4.78 is 25.7. The van der Waals surface area contributed by atoms with Crippen molar-refractivity contribution in [2.24, 2.45) is 11.8 Å². The Bertz CT molecular complexity index is 895. The van der Waals surface area contributed by atoms with Gasteiger partial charge in [0.2, 0.25) is 0 Å². The first-order valence-corrected chi connectivity index (χ1v) is 9.84. The molecule has 1 aromatic rings. The van der Waals surface area contributed by atoms with Gasteiger partial charge in [-0.25, -0.2) is 12.7 Å². The number of carboxylic acid groups (broad SMARTS) is 1. The second kappa shape index (κ2) is 6.39. The van der Waals surface area contributed by atoms with Crippen molar-refractivity contribution in [3.05, 3.63) is 29.3 Å². The fourth-order valence-corrected chi connectivity index (χ4v) is 5.20. The van der Waals surface area contributed by atoms with Crippen LogP contribution in [0.15, 0.2) is 23.1 Å². The van der Waals surface area contributed by atoms with Crippen molar-refractivity contribution in [2.75, 3.05) is 19.6 Å². The van der Waals surface area contributed by atoms with E-state index in [1.807, 2.05) is 6.92 Å². The van der Waals surface area contributed by atoms with E-state index < -0.39 is 33.7 Å². The van der Waals surface area contributed by atoms with Crippen molar-refractivity contribution < 1.29 is 27.9 Å². The molecule has 0 bridgehead atoms. The van der Waals surface area contributed by atoms with Gasteiger partial charge in [-0.15, -0.1) is 0 Å². The Morgan fingerprint density at radius 2 is 1.96 bits per heavy atom. The molecule has 2 amide bonds. The summed E-state index contributed by atoms with van der Waals surface area (Å²) in [4.78, 5) is 37.5. The summed E-state index contributed by atoms with van der Waals surface area (Å²) in [6, 6.07) is 3.98. The molecular formula is C17H20N2O6S. The van der Waals surface area contributed by atoms with E-state index in [0.717, 1.165) is 4.31 Å². The molecule has 2 unspecified atom stereocenters. The minimum Gasteiger partial charge on any atom is -0.481 e. The van der Waals surface area contributed by atoms with Gasteiger partial charge in [0.1, 0.15) is 4.90 Å². The summed E-state index contributed by atoms with van der Waals surface area (Å²) in [5.41, 5.74) is 0.190. The quantitative estimate of drug-likeness (QED) is 0.838. The number of piperidine rings is 1. The number of fused-ring (bicyclic) bond motifs is 1. The van der Waals surface area contributed by atoms with Crippen molar-refractivity contribution in [3.8, 4) is 0 Å². The summed E-state index contributed by atoms with van der Waals surface area (Å²) in [6.45, 7) is 3.95. The second-order valence-corrected chi connectivity index (χ2v) is 8.60. The first-order valence-electron chi connectivity index (χ1n) is 8.40. The molecule has 8 nitrogen and oxygen atoms in total. The minimum absolute atomic E-state index is 0.0169. The number of aliphatic carboxylic acids is 1. The summed E-state index contributed by atoms with van der Waals surface area (Å²) in [7, 11) is -3.95.